The molecule has 0 bridgehead atoms. The number of carboxylic acids is 1. The van der Waals surface area contributed by atoms with Crippen LogP contribution in [0.25, 0.3) is 11.1 Å². The van der Waals surface area contributed by atoms with Crippen LogP contribution in [0.5, 0.6) is 0 Å². The number of hydrogen-bond donors (Lipinski definition) is 2. The number of fused-ring (bicyclic) bond motifs is 3. The van der Waals surface area contributed by atoms with Crippen LogP contribution in [0.3, 0.4) is 0 Å². The lowest BCUT2D eigenvalue weighted by molar-refractivity contribution is -0.144. The lowest BCUT2D eigenvalue weighted by Gasteiger charge is -2.28. The van der Waals surface area contributed by atoms with Crippen molar-refractivity contribution in [3.05, 3.63) is 59.7 Å². The molecule has 0 saturated carbocycles. The first-order chi connectivity index (χ1) is 16.4. The first kappa shape index (κ1) is 23.8. The zero-order valence-electron chi connectivity index (χ0n) is 19.4. The van der Waals surface area contributed by atoms with E-state index in [4.69, 9.17) is 9.47 Å². The van der Waals surface area contributed by atoms with Crippen molar-refractivity contribution in [2.24, 2.45) is 11.8 Å². The molecule has 0 radical (unpaired) electrons. The van der Waals surface area contributed by atoms with E-state index in [1.807, 2.05) is 24.3 Å². The van der Waals surface area contributed by atoms with Crippen LogP contribution >= 0.6 is 0 Å². The van der Waals surface area contributed by atoms with Crippen molar-refractivity contribution in [1.29, 1.82) is 0 Å². The summed E-state index contributed by atoms with van der Waals surface area (Å²) in [6, 6.07) is 15.7. The molecule has 8 nitrogen and oxygen atoms in total. The average Bonchev–Trinajstić information content (AvgIpc) is 3.43. The fourth-order valence-corrected chi connectivity index (χ4v) is 4.75. The summed E-state index contributed by atoms with van der Waals surface area (Å²) in [7, 11) is 0. The second-order valence-corrected chi connectivity index (χ2v) is 8.84. The van der Waals surface area contributed by atoms with E-state index in [9.17, 15) is 19.5 Å². The maximum atomic E-state index is 13.0. The van der Waals surface area contributed by atoms with Crippen LogP contribution in [0.4, 0.5) is 4.79 Å². The molecule has 4 rings (SSSR count). The predicted molar refractivity (Wildman–Crippen MR) is 125 cm³/mol. The van der Waals surface area contributed by atoms with Gasteiger partial charge in [-0.15, -0.1) is 0 Å². The molecule has 8 heteroatoms. The molecule has 3 atom stereocenters. The molecule has 1 aliphatic carbocycles. The normalized spacial score (nSPS) is 19.7. The minimum absolute atomic E-state index is 0.0523. The number of ether oxygens (including phenoxy) is 2. The summed E-state index contributed by atoms with van der Waals surface area (Å²) in [5.74, 6) is -2.50. The van der Waals surface area contributed by atoms with Crippen LogP contribution in [0.15, 0.2) is 48.5 Å². The summed E-state index contributed by atoms with van der Waals surface area (Å²) in [4.78, 5) is 38.4. The zero-order chi connectivity index (χ0) is 24.2. The molecular weight excluding hydrogens is 436 g/mol. The Kier molecular flexibility index (Phi) is 7.17. The number of amides is 2. The van der Waals surface area contributed by atoms with Gasteiger partial charge in [-0.3, -0.25) is 9.59 Å². The first-order valence-corrected chi connectivity index (χ1v) is 11.6. The van der Waals surface area contributed by atoms with Crippen molar-refractivity contribution < 1.29 is 29.0 Å². The van der Waals surface area contributed by atoms with Crippen molar-refractivity contribution in [3.63, 3.8) is 0 Å². The molecule has 1 aliphatic heterocycles. The topological polar surface area (TPSA) is 105 Å². The van der Waals surface area contributed by atoms with Gasteiger partial charge in [0.05, 0.1) is 31.1 Å². The Bertz CT molecular complexity index is 1030. The largest absolute Gasteiger partial charge is 0.481 e. The van der Waals surface area contributed by atoms with E-state index in [0.717, 1.165) is 22.3 Å². The molecule has 2 aliphatic rings. The van der Waals surface area contributed by atoms with E-state index < -0.39 is 29.9 Å². The highest BCUT2D eigenvalue weighted by Crippen LogP contribution is 2.44. The van der Waals surface area contributed by atoms with Crippen molar-refractivity contribution in [2.45, 2.75) is 25.8 Å². The molecule has 1 fully saturated rings. The summed E-state index contributed by atoms with van der Waals surface area (Å²) in [6.07, 6.45) is -0.600. The van der Waals surface area contributed by atoms with Crippen molar-refractivity contribution in [3.8, 4) is 11.1 Å². The quantitative estimate of drug-likeness (QED) is 0.619. The monoisotopic (exact) mass is 466 g/mol. The smallest absolute Gasteiger partial charge is 0.407 e. The van der Waals surface area contributed by atoms with Crippen LogP contribution < -0.4 is 5.32 Å². The fraction of sp³-hybridized carbons (Fsp3) is 0.423. The lowest BCUT2D eigenvalue weighted by atomic mass is 9.98. The molecule has 180 valence electrons. The minimum Gasteiger partial charge on any atom is -0.481 e. The van der Waals surface area contributed by atoms with Gasteiger partial charge in [-0.05, 0) is 29.2 Å². The molecule has 3 unspecified atom stereocenters. The van der Waals surface area contributed by atoms with Gasteiger partial charge in [-0.1, -0.05) is 55.5 Å². The van der Waals surface area contributed by atoms with Gasteiger partial charge < -0.3 is 24.8 Å². The molecule has 0 spiro atoms. The molecular formula is C26H30N2O6. The number of nitrogens with zero attached hydrogens (tertiary/aromatic N) is 1. The van der Waals surface area contributed by atoms with E-state index >= 15 is 0 Å². The Balaban J connectivity index is 1.37. The summed E-state index contributed by atoms with van der Waals surface area (Å²) < 4.78 is 11.1. The number of hydrogen-bond acceptors (Lipinski definition) is 5. The number of nitrogens with one attached hydrogen (secondary N) is 1. The third-order valence-corrected chi connectivity index (χ3v) is 6.65. The summed E-state index contributed by atoms with van der Waals surface area (Å²) in [6.45, 7) is 4.41. The molecule has 2 aromatic carbocycles. The standard InChI is InChI=1S/C26H30N2O6/c1-3-28(12-16(2)25(30)31)24(29)22-13-33-15-23(22)27-26(32)34-14-21-19-10-6-4-8-17(19)18-9-5-7-11-20(18)21/h4-11,16,21-23H,3,12-15H2,1-2H3,(H,27,32)(H,30,31). The fourth-order valence-electron chi connectivity index (χ4n) is 4.75. The molecule has 1 saturated heterocycles. The SMILES string of the molecule is CCN(CC(C)C(=O)O)C(=O)C1COCC1NC(=O)OCC1c2ccccc2-c2ccccc21. The number of rotatable bonds is 8. The van der Waals surface area contributed by atoms with Crippen LogP contribution in [0.2, 0.25) is 0 Å². The highest BCUT2D eigenvalue weighted by molar-refractivity contribution is 5.82. The van der Waals surface area contributed by atoms with Gasteiger partial charge in [0, 0.05) is 19.0 Å². The molecule has 34 heavy (non-hydrogen) atoms. The third-order valence-electron chi connectivity index (χ3n) is 6.65. The van der Waals surface area contributed by atoms with Gasteiger partial charge in [0.1, 0.15) is 6.61 Å². The second kappa shape index (κ2) is 10.3. The van der Waals surface area contributed by atoms with Crippen LogP contribution in [-0.2, 0) is 19.1 Å². The van der Waals surface area contributed by atoms with E-state index in [1.165, 1.54) is 4.90 Å². The van der Waals surface area contributed by atoms with Crippen molar-refractivity contribution in [1.82, 2.24) is 10.2 Å². The molecule has 2 amide bonds. The number of carboxylic acid groups (broad SMARTS) is 1. The number of aliphatic carboxylic acids is 1. The van der Waals surface area contributed by atoms with Gasteiger partial charge in [0.2, 0.25) is 5.91 Å². The molecule has 2 aromatic rings. The Morgan fingerprint density at radius 2 is 1.71 bits per heavy atom. The summed E-state index contributed by atoms with van der Waals surface area (Å²) in [5, 5.41) is 12.0. The minimum atomic E-state index is -0.956. The molecule has 0 aromatic heterocycles. The number of carbonyl (C=O) groups excluding carboxylic acids is 2. The predicted octanol–water partition coefficient (Wildman–Crippen LogP) is 3.11. The second-order valence-electron chi connectivity index (χ2n) is 8.84. The Labute approximate surface area is 198 Å². The third kappa shape index (κ3) is 4.77. The van der Waals surface area contributed by atoms with Gasteiger partial charge >= 0.3 is 12.1 Å². The summed E-state index contributed by atoms with van der Waals surface area (Å²) >= 11 is 0. The number of benzene rings is 2. The molecule has 2 N–H and O–H groups in total. The highest BCUT2D eigenvalue weighted by Gasteiger charge is 2.38. The highest BCUT2D eigenvalue weighted by atomic mass is 16.5. The van der Waals surface area contributed by atoms with Gasteiger partial charge in [-0.2, -0.15) is 0 Å². The lowest BCUT2D eigenvalue weighted by Crippen LogP contribution is -2.49. The van der Waals surface area contributed by atoms with Crippen LogP contribution in [-0.4, -0.2) is 66.9 Å². The van der Waals surface area contributed by atoms with E-state index in [1.54, 1.807) is 13.8 Å². The number of carbonyl (C=O) groups is 3. The summed E-state index contributed by atoms with van der Waals surface area (Å²) in [5.41, 5.74) is 4.55. The Hall–Kier alpha value is -3.39. The Morgan fingerprint density at radius 3 is 2.29 bits per heavy atom. The first-order valence-electron chi connectivity index (χ1n) is 11.6. The van der Waals surface area contributed by atoms with Crippen molar-refractivity contribution in [2.75, 3.05) is 32.9 Å². The van der Waals surface area contributed by atoms with E-state index in [2.05, 4.69) is 29.6 Å². The molecule has 1 heterocycles. The zero-order valence-corrected chi connectivity index (χ0v) is 19.4. The van der Waals surface area contributed by atoms with Gasteiger partial charge in [0.25, 0.3) is 0 Å². The van der Waals surface area contributed by atoms with Gasteiger partial charge in [0.15, 0.2) is 0 Å². The van der Waals surface area contributed by atoms with E-state index in [-0.39, 0.29) is 38.2 Å². The maximum absolute atomic E-state index is 13.0. The van der Waals surface area contributed by atoms with E-state index in [0.29, 0.717) is 6.54 Å². The average molecular weight is 467 g/mol. The Morgan fingerprint density at radius 1 is 1.09 bits per heavy atom. The van der Waals surface area contributed by atoms with Gasteiger partial charge in [-0.25, -0.2) is 4.79 Å². The number of alkyl carbamates (subject to hydrolysis) is 1. The van der Waals surface area contributed by atoms with Crippen LogP contribution in [0, 0.1) is 11.8 Å². The maximum Gasteiger partial charge on any atom is 0.407 e. The van der Waals surface area contributed by atoms with Crippen LogP contribution in [0.1, 0.15) is 30.9 Å². The van der Waals surface area contributed by atoms with Crippen molar-refractivity contribution >= 4 is 18.0 Å².